The van der Waals surface area contributed by atoms with Crippen molar-refractivity contribution in [1.29, 1.82) is 0 Å². The second-order valence-corrected chi connectivity index (χ2v) is 3.16. The van der Waals surface area contributed by atoms with Crippen molar-refractivity contribution < 1.29 is 0 Å². The van der Waals surface area contributed by atoms with E-state index in [4.69, 9.17) is 0 Å². The van der Waals surface area contributed by atoms with Crippen LogP contribution in [-0.4, -0.2) is 23.1 Å². The van der Waals surface area contributed by atoms with Gasteiger partial charge in [0.15, 0.2) is 0 Å². The second-order valence-electron chi connectivity index (χ2n) is 1.46. The number of rotatable bonds is 3. The van der Waals surface area contributed by atoms with Crippen molar-refractivity contribution in [2.45, 2.75) is 12.6 Å². The Morgan fingerprint density at radius 1 is 1.67 bits per heavy atom. The Bertz CT molecular complexity index is 19.5. The van der Waals surface area contributed by atoms with E-state index in [2.05, 4.69) is 11.9 Å². The van der Waals surface area contributed by atoms with Crippen molar-refractivity contribution >= 4 is 9.52 Å². The fourth-order valence-electron chi connectivity index (χ4n) is 0.354. The molecular weight excluding hydrogens is 90.1 g/mol. The molecule has 0 rings (SSSR count). The summed E-state index contributed by atoms with van der Waals surface area (Å²) in [7, 11) is 2.34. The molecule has 0 atom stereocenters. The van der Waals surface area contributed by atoms with E-state index in [0.717, 1.165) is 0 Å². The molecule has 0 saturated carbocycles. The van der Waals surface area contributed by atoms with E-state index >= 15 is 0 Å². The summed E-state index contributed by atoms with van der Waals surface area (Å²) in [6, 6.07) is 1.44. The zero-order valence-corrected chi connectivity index (χ0v) is 6.04. The standard InChI is InChI=1S/C4H13NSi/c1-5-3-4-6-2/h5H,3-4,6H2,1-2H3. The molecule has 0 aliphatic carbocycles. The molecule has 0 aromatic rings. The van der Waals surface area contributed by atoms with Gasteiger partial charge in [-0.1, -0.05) is 12.6 Å². The van der Waals surface area contributed by atoms with E-state index in [9.17, 15) is 0 Å². The SMILES string of the molecule is CNCC[SiH2]C. The Labute approximate surface area is 42.0 Å². The van der Waals surface area contributed by atoms with E-state index in [0.29, 0.717) is 9.52 Å². The van der Waals surface area contributed by atoms with E-state index in [1.807, 2.05) is 7.05 Å². The molecule has 1 nitrogen and oxygen atoms in total. The number of nitrogens with one attached hydrogen (secondary N) is 1. The van der Waals surface area contributed by atoms with Gasteiger partial charge < -0.3 is 5.32 Å². The molecule has 6 heavy (non-hydrogen) atoms. The van der Waals surface area contributed by atoms with Crippen LogP contribution in [0.5, 0.6) is 0 Å². The average molecular weight is 103 g/mol. The molecule has 1 N–H and O–H groups in total. The van der Waals surface area contributed by atoms with Gasteiger partial charge in [0.1, 0.15) is 0 Å². The number of hydrogen-bond donors (Lipinski definition) is 1. The molecule has 0 heterocycles. The maximum Gasteiger partial charge on any atom is 0.0182 e. The van der Waals surface area contributed by atoms with E-state index in [-0.39, 0.29) is 0 Å². The first-order valence-corrected chi connectivity index (χ1v) is 4.97. The maximum atomic E-state index is 3.10. The highest BCUT2D eigenvalue weighted by atomic mass is 28.2. The highest BCUT2D eigenvalue weighted by Crippen LogP contribution is 1.68. The third-order valence-electron chi connectivity index (χ3n) is 0.780. The summed E-state index contributed by atoms with van der Waals surface area (Å²) in [4.78, 5) is 0. The lowest BCUT2D eigenvalue weighted by molar-refractivity contribution is 0.859. The van der Waals surface area contributed by atoms with Crippen molar-refractivity contribution in [3.63, 3.8) is 0 Å². The Hall–Kier alpha value is 0.177. The van der Waals surface area contributed by atoms with Crippen LogP contribution in [0.15, 0.2) is 0 Å². The first kappa shape index (κ1) is 6.18. The van der Waals surface area contributed by atoms with Gasteiger partial charge in [-0.2, -0.15) is 0 Å². The molecule has 0 radical (unpaired) electrons. The van der Waals surface area contributed by atoms with Crippen molar-refractivity contribution in [3.8, 4) is 0 Å². The van der Waals surface area contributed by atoms with E-state index in [1.165, 1.54) is 12.6 Å². The molecule has 0 aliphatic rings. The van der Waals surface area contributed by atoms with Crippen LogP contribution >= 0.6 is 0 Å². The van der Waals surface area contributed by atoms with Gasteiger partial charge in [0, 0.05) is 9.52 Å². The lowest BCUT2D eigenvalue weighted by Gasteiger charge is -1.89. The van der Waals surface area contributed by atoms with E-state index < -0.39 is 0 Å². The molecule has 0 spiro atoms. The summed E-state index contributed by atoms with van der Waals surface area (Å²) < 4.78 is 0. The Balaban J connectivity index is 2.34. The van der Waals surface area contributed by atoms with Crippen LogP contribution < -0.4 is 5.32 Å². The second kappa shape index (κ2) is 5.18. The maximum absolute atomic E-state index is 3.10. The first-order valence-electron chi connectivity index (χ1n) is 2.56. The van der Waals surface area contributed by atoms with Gasteiger partial charge in [-0.15, -0.1) is 0 Å². The molecule has 0 saturated heterocycles. The van der Waals surface area contributed by atoms with E-state index in [1.54, 1.807) is 0 Å². The highest BCUT2D eigenvalue weighted by molar-refractivity contribution is 6.33. The summed E-state index contributed by atoms with van der Waals surface area (Å²) in [5.74, 6) is 0. The highest BCUT2D eigenvalue weighted by Gasteiger charge is 1.74. The summed E-state index contributed by atoms with van der Waals surface area (Å²) in [6.07, 6.45) is 0. The van der Waals surface area contributed by atoms with Gasteiger partial charge in [0.2, 0.25) is 0 Å². The van der Waals surface area contributed by atoms with Crippen molar-refractivity contribution in [2.75, 3.05) is 13.6 Å². The third kappa shape index (κ3) is 4.18. The summed E-state index contributed by atoms with van der Waals surface area (Å²) >= 11 is 0. The average Bonchev–Trinajstić information content (AvgIpc) is 1.61. The Morgan fingerprint density at radius 3 is 2.50 bits per heavy atom. The van der Waals surface area contributed by atoms with Crippen LogP contribution in [0.2, 0.25) is 12.6 Å². The fraction of sp³-hybridized carbons (Fsp3) is 1.00. The van der Waals surface area contributed by atoms with Gasteiger partial charge in [0.05, 0.1) is 0 Å². The van der Waals surface area contributed by atoms with Crippen LogP contribution in [0, 0.1) is 0 Å². The molecule has 0 aliphatic heterocycles. The molecule has 0 bridgehead atoms. The molecule has 38 valence electrons. The zero-order valence-electron chi connectivity index (χ0n) is 4.62. The lowest BCUT2D eigenvalue weighted by Crippen LogP contribution is -2.07. The van der Waals surface area contributed by atoms with Crippen LogP contribution in [0.3, 0.4) is 0 Å². The monoisotopic (exact) mass is 103 g/mol. The lowest BCUT2D eigenvalue weighted by atomic mass is 10.8. The summed E-state index contributed by atoms with van der Waals surface area (Å²) in [5.41, 5.74) is 0. The zero-order chi connectivity index (χ0) is 4.83. The van der Waals surface area contributed by atoms with Crippen LogP contribution in [0.1, 0.15) is 0 Å². The van der Waals surface area contributed by atoms with Crippen molar-refractivity contribution in [2.24, 2.45) is 0 Å². The topological polar surface area (TPSA) is 12.0 Å². The summed E-state index contributed by atoms with van der Waals surface area (Å²) in [5, 5.41) is 3.10. The molecule has 0 amide bonds. The molecule has 0 aromatic heterocycles. The largest absolute Gasteiger partial charge is 0.320 e. The quantitative estimate of drug-likeness (QED) is 0.387. The van der Waals surface area contributed by atoms with Crippen molar-refractivity contribution in [1.82, 2.24) is 5.32 Å². The Morgan fingerprint density at radius 2 is 2.33 bits per heavy atom. The minimum atomic E-state index is 0.340. The predicted molar refractivity (Wildman–Crippen MR) is 33.1 cm³/mol. The minimum absolute atomic E-state index is 0.340. The minimum Gasteiger partial charge on any atom is -0.320 e. The molecule has 0 unspecified atom stereocenters. The smallest absolute Gasteiger partial charge is 0.0182 e. The molecule has 0 aromatic carbocycles. The number of hydrogen-bond acceptors (Lipinski definition) is 1. The van der Waals surface area contributed by atoms with Gasteiger partial charge in [-0.25, -0.2) is 0 Å². The van der Waals surface area contributed by atoms with Crippen LogP contribution in [-0.2, 0) is 0 Å². The first-order chi connectivity index (χ1) is 2.91. The molecule has 2 heteroatoms. The summed E-state index contributed by atoms with van der Waals surface area (Å²) in [6.45, 7) is 3.56. The third-order valence-corrected chi connectivity index (χ3v) is 1.84. The molecule has 0 fully saturated rings. The van der Waals surface area contributed by atoms with Gasteiger partial charge in [-0.3, -0.25) is 0 Å². The Kier molecular flexibility index (Phi) is 5.33. The van der Waals surface area contributed by atoms with Gasteiger partial charge >= 0.3 is 0 Å². The molecular formula is C4H13NSi. The van der Waals surface area contributed by atoms with Gasteiger partial charge in [0.25, 0.3) is 0 Å². The fourth-order valence-corrected chi connectivity index (χ4v) is 1.06. The van der Waals surface area contributed by atoms with Crippen LogP contribution in [0.4, 0.5) is 0 Å². The normalized spacial score (nSPS) is 11.0. The van der Waals surface area contributed by atoms with Gasteiger partial charge in [-0.05, 0) is 13.6 Å². The van der Waals surface area contributed by atoms with Crippen LogP contribution in [0.25, 0.3) is 0 Å². The predicted octanol–water partition coefficient (Wildman–Crippen LogP) is -0.159. The van der Waals surface area contributed by atoms with Crippen molar-refractivity contribution in [3.05, 3.63) is 0 Å².